The first-order valence-electron chi connectivity index (χ1n) is 5.58. The molecule has 0 aliphatic carbocycles. The number of hydrogen-bond acceptors (Lipinski definition) is 6. The monoisotopic (exact) mass is 293 g/mol. The summed E-state index contributed by atoms with van der Waals surface area (Å²) in [6, 6.07) is 7.01. The number of nitrogens with zero attached hydrogens (tertiary/aromatic N) is 4. The zero-order valence-electron chi connectivity index (χ0n) is 10.3. The summed E-state index contributed by atoms with van der Waals surface area (Å²) in [5.74, 6) is -1.21. The lowest BCUT2D eigenvalue weighted by molar-refractivity contribution is -0.133. The Kier molecular flexibility index (Phi) is 4.66. The van der Waals surface area contributed by atoms with Gasteiger partial charge in [-0.3, -0.25) is 9.59 Å². The van der Waals surface area contributed by atoms with Crippen LogP contribution in [0.3, 0.4) is 0 Å². The highest BCUT2D eigenvalue weighted by molar-refractivity contribution is 8.00. The van der Waals surface area contributed by atoms with Crippen molar-refractivity contribution in [2.24, 2.45) is 0 Å². The van der Waals surface area contributed by atoms with Crippen LogP contribution in [-0.2, 0) is 9.59 Å². The molecule has 0 saturated carbocycles. The topological polar surface area (TPSA) is 110 Å². The zero-order chi connectivity index (χ0) is 14.4. The van der Waals surface area contributed by atoms with Crippen molar-refractivity contribution in [3.63, 3.8) is 0 Å². The average molecular weight is 293 g/mol. The largest absolute Gasteiger partial charge is 0.481 e. The lowest BCUT2D eigenvalue weighted by Crippen LogP contribution is -2.15. The van der Waals surface area contributed by atoms with Gasteiger partial charge in [0.15, 0.2) is 0 Å². The Labute approximate surface area is 118 Å². The van der Waals surface area contributed by atoms with Gasteiger partial charge in [0.2, 0.25) is 5.91 Å². The number of aliphatic carboxylic acids is 1. The molecule has 1 heterocycles. The number of tetrazole rings is 1. The summed E-state index contributed by atoms with van der Waals surface area (Å²) in [5, 5.41) is 22.0. The smallest absolute Gasteiger partial charge is 0.313 e. The van der Waals surface area contributed by atoms with Crippen molar-refractivity contribution in [3.8, 4) is 5.69 Å². The van der Waals surface area contributed by atoms with Crippen molar-refractivity contribution >= 4 is 29.3 Å². The second-order valence-corrected chi connectivity index (χ2v) is 4.73. The van der Waals surface area contributed by atoms with Crippen LogP contribution in [-0.4, -0.2) is 48.7 Å². The molecule has 104 valence electrons. The van der Waals surface area contributed by atoms with E-state index in [1.54, 1.807) is 24.3 Å². The van der Waals surface area contributed by atoms with Crippen molar-refractivity contribution in [2.75, 3.05) is 16.8 Å². The van der Waals surface area contributed by atoms with Crippen LogP contribution in [0.25, 0.3) is 5.69 Å². The molecule has 0 bridgehead atoms. The molecule has 1 amide bonds. The van der Waals surface area contributed by atoms with E-state index < -0.39 is 5.97 Å². The van der Waals surface area contributed by atoms with Gasteiger partial charge in [0.05, 0.1) is 17.2 Å². The number of carboxylic acids is 1. The van der Waals surface area contributed by atoms with Gasteiger partial charge in [0.25, 0.3) is 0 Å². The minimum Gasteiger partial charge on any atom is -0.481 e. The molecule has 0 atom stereocenters. The minimum atomic E-state index is -0.941. The summed E-state index contributed by atoms with van der Waals surface area (Å²) < 4.78 is 1.47. The number of amides is 1. The molecule has 2 N–H and O–H groups in total. The fourth-order valence-corrected chi connectivity index (χ4v) is 1.97. The molecule has 0 aliphatic rings. The summed E-state index contributed by atoms with van der Waals surface area (Å²) >= 11 is 1.04. The molecule has 0 spiro atoms. The summed E-state index contributed by atoms with van der Waals surface area (Å²) in [5.41, 5.74) is 1.31. The number of rotatable bonds is 6. The van der Waals surface area contributed by atoms with E-state index in [0.29, 0.717) is 11.4 Å². The number of aromatic nitrogens is 4. The van der Waals surface area contributed by atoms with Crippen LogP contribution in [0, 0.1) is 0 Å². The second-order valence-electron chi connectivity index (χ2n) is 3.74. The molecule has 2 rings (SSSR count). The highest BCUT2D eigenvalue weighted by Crippen LogP contribution is 2.13. The van der Waals surface area contributed by atoms with E-state index in [2.05, 4.69) is 20.8 Å². The Morgan fingerprint density at radius 2 is 2.20 bits per heavy atom. The lowest BCUT2D eigenvalue weighted by Gasteiger charge is -2.06. The molecule has 9 heteroatoms. The molecule has 1 aromatic carbocycles. The maximum absolute atomic E-state index is 11.6. The molecule has 2 aromatic rings. The molecule has 0 saturated heterocycles. The van der Waals surface area contributed by atoms with E-state index in [1.165, 1.54) is 11.0 Å². The van der Waals surface area contributed by atoms with Gasteiger partial charge in [0.1, 0.15) is 6.33 Å². The van der Waals surface area contributed by atoms with Crippen LogP contribution in [0.2, 0.25) is 0 Å². The second kappa shape index (κ2) is 6.66. The first kappa shape index (κ1) is 14.0. The molecule has 0 fully saturated rings. The third-order valence-electron chi connectivity index (χ3n) is 2.20. The third kappa shape index (κ3) is 4.05. The van der Waals surface area contributed by atoms with Crippen LogP contribution in [0.4, 0.5) is 5.69 Å². The molecule has 0 radical (unpaired) electrons. The Balaban J connectivity index is 1.94. The van der Waals surface area contributed by atoms with Gasteiger partial charge in [0, 0.05) is 5.69 Å². The van der Waals surface area contributed by atoms with Crippen LogP contribution in [0.1, 0.15) is 0 Å². The Bertz CT molecular complexity index is 602. The SMILES string of the molecule is O=C(O)CSCC(=O)Nc1cccc(-n2cnnn2)c1. The van der Waals surface area contributed by atoms with Crippen molar-refractivity contribution in [1.29, 1.82) is 0 Å². The summed E-state index contributed by atoms with van der Waals surface area (Å²) in [7, 11) is 0. The van der Waals surface area contributed by atoms with Crippen molar-refractivity contribution < 1.29 is 14.7 Å². The Hall–Kier alpha value is -2.42. The summed E-state index contributed by atoms with van der Waals surface area (Å²) in [4.78, 5) is 22.0. The van der Waals surface area contributed by atoms with E-state index in [0.717, 1.165) is 11.8 Å². The summed E-state index contributed by atoms with van der Waals surface area (Å²) in [6.45, 7) is 0. The predicted octanol–water partition coefficient (Wildman–Crippen LogP) is 0.419. The van der Waals surface area contributed by atoms with E-state index in [1.807, 2.05) is 0 Å². The van der Waals surface area contributed by atoms with Gasteiger partial charge in [-0.05, 0) is 28.6 Å². The molecule has 0 aliphatic heterocycles. The van der Waals surface area contributed by atoms with Gasteiger partial charge in [-0.25, -0.2) is 4.68 Å². The third-order valence-corrected chi connectivity index (χ3v) is 3.12. The van der Waals surface area contributed by atoms with Crippen LogP contribution in [0.15, 0.2) is 30.6 Å². The average Bonchev–Trinajstić information content (AvgIpc) is 2.92. The van der Waals surface area contributed by atoms with Gasteiger partial charge >= 0.3 is 5.97 Å². The van der Waals surface area contributed by atoms with E-state index >= 15 is 0 Å². The maximum atomic E-state index is 11.6. The molecular formula is C11H11N5O3S. The number of anilines is 1. The predicted molar refractivity (Wildman–Crippen MR) is 72.7 cm³/mol. The molecule has 20 heavy (non-hydrogen) atoms. The minimum absolute atomic E-state index is 0.0847. The molecule has 0 unspecified atom stereocenters. The van der Waals surface area contributed by atoms with Crippen molar-refractivity contribution in [2.45, 2.75) is 0 Å². The fourth-order valence-electron chi connectivity index (χ4n) is 1.43. The molecule has 1 aromatic heterocycles. The summed E-state index contributed by atoms with van der Waals surface area (Å²) in [6.07, 6.45) is 1.45. The normalized spacial score (nSPS) is 10.2. The molecular weight excluding hydrogens is 282 g/mol. The van der Waals surface area contributed by atoms with Gasteiger partial charge in [-0.15, -0.1) is 16.9 Å². The number of carbonyl (C=O) groups is 2. The van der Waals surface area contributed by atoms with E-state index in [4.69, 9.17) is 5.11 Å². The first-order valence-corrected chi connectivity index (χ1v) is 6.73. The number of carboxylic acid groups (broad SMARTS) is 1. The van der Waals surface area contributed by atoms with Crippen molar-refractivity contribution in [1.82, 2.24) is 20.2 Å². The standard InChI is InChI=1S/C11H11N5O3S/c17-10(5-20-6-11(18)19)13-8-2-1-3-9(4-8)16-7-12-14-15-16/h1-4,7H,5-6H2,(H,13,17)(H,18,19). The highest BCUT2D eigenvalue weighted by Gasteiger charge is 2.06. The lowest BCUT2D eigenvalue weighted by atomic mass is 10.3. The number of nitrogens with one attached hydrogen (secondary N) is 1. The van der Waals surface area contributed by atoms with Crippen LogP contribution >= 0.6 is 11.8 Å². The quantitative estimate of drug-likeness (QED) is 0.794. The van der Waals surface area contributed by atoms with E-state index in [9.17, 15) is 9.59 Å². The van der Waals surface area contributed by atoms with Gasteiger partial charge < -0.3 is 10.4 Å². The van der Waals surface area contributed by atoms with Crippen LogP contribution in [0.5, 0.6) is 0 Å². The number of hydrogen-bond donors (Lipinski definition) is 2. The first-order chi connectivity index (χ1) is 9.65. The van der Waals surface area contributed by atoms with Gasteiger partial charge in [-0.1, -0.05) is 6.07 Å². The van der Waals surface area contributed by atoms with Crippen LogP contribution < -0.4 is 5.32 Å². The highest BCUT2D eigenvalue weighted by atomic mass is 32.2. The Morgan fingerprint density at radius 1 is 1.35 bits per heavy atom. The fraction of sp³-hybridized carbons (Fsp3) is 0.182. The number of thioether (sulfide) groups is 1. The van der Waals surface area contributed by atoms with Gasteiger partial charge in [-0.2, -0.15) is 0 Å². The molecule has 8 nitrogen and oxygen atoms in total. The zero-order valence-corrected chi connectivity index (χ0v) is 11.1. The number of benzene rings is 1. The Morgan fingerprint density at radius 3 is 2.90 bits per heavy atom. The van der Waals surface area contributed by atoms with E-state index in [-0.39, 0.29) is 17.4 Å². The number of carbonyl (C=O) groups excluding carboxylic acids is 1. The van der Waals surface area contributed by atoms with Crippen molar-refractivity contribution in [3.05, 3.63) is 30.6 Å². The maximum Gasteiger partial charge on any atom is 0.313 e.